The minimum absolute atomic E-state index is 0.0666. The van der Waals surface area contributed by atoms with Gasteiger partial charge in [-0.15, -0.1) is 0 Å². The van der Waals surface area contributed by atoms with Crippen LogP contribution in [0.3, 0.4) is 0 Å². The fourth-order valence-corrected chi connectivity index (χ4v) is 3.88. The molecule has 2 rings (SSSR count). The van der Waals surface area contributed by atoms with E-state index < -0.39 is 9.84 Å². The van der Waals surface area contributed by atoms with Crippen molar-refractivity contribution in [2.45, 2.75) is 18.9 Å². The number of ketones is 1. The van der Waals surface area contributed by atoms with E-state index in [2.05, 4.69) is 21.2 Å². The van der Waals surface area contributed by atoms with Crippen molar-refractivity contribution in [1.29, 1.82) is 0 Å². The van der Waals surface area contributed by atoms with Crippen LogP contribution in [0.4, 0.5) is 0 Å². The molecule has 104 valence electrons. The Bertz CT molecular complexity index is 554. The van der Waals surface area contributed by atoms with Crippen LogP contribution in [0.1, 0.15) is 12.0 Å². The molecule has 0 amide bonds. The van der Waals surface area contributed by atoms with Crippen LogP contribution in [-0.2, 0) is 21.1 Å². The van der Waals surface area contributed by atoms with Gasteiger partial charge in [0.15, 0.2) is 9.84 Å². The largest absolute Gasteiger partial charge is 0.312 e. The summed E-state index contributed by atoms with van der Waals surface area (Å²) in [7, 11) is -2.98. The van der Waals surface area contributed by atoms with Gasteiger partial charge in [0.05, 0.1) is 11.5 Å². The number of hydrogen-bond donors (Lipinski definition) is 1. The summed E-state index contributed by atoms with van der Waals surface area (Å²) in [4.78, 5) is 11.9. The Morgan fingerprint density at radius 3 is 2.63 bits per heavy atom. The molecule has 0 saturated carbocycles. The molecule has 1 aromatic rings. The van der Waals surface area contributed by atoms with Crippen molar-refractivity contribution in [3.8, 4) is 0 Å². The van der Waals surface area contributed by atoms with E-state index in [1.807, 2.05) is 24.3 Å². The fraction of sp³-hybridized carbons (Fsp3) is 0.462. The normalized spacial score (nSPS) is 22.1. The zero-order valence-corrected chi connectivity index (χ0v) is 12.8. The maximum atomic E-state index is 11.9. The number of rotatable bonds is 4. The van der Waals surface area contributed by atoms with Crippen LogP contribution >= 0.6 is 15.9 Å². The van der Waals surface area contributed by atoms with Crippen molar-refractivity contribution in [3.63, 3.8) is 0 Å². The third-order valence-corrected chi connectivity index (χ3v) is 5.35. The number of Topliss-reactive ketones (excluding diaryl/α,β-unsaturated/α-hetero) is 1. The van der Waals surface area contributed by atoms with Crippen molar-refractivity contribution >= 4 is 31.6 Å². The Kier molecular flexibility index (Phi) is 4.76. The van der Waals surface area contributed by atoms with E-state index in [0.29, 0.717) is 13.0 Å². The predicted molar refractivity (Wildman–Crippen MR) is 77.9 cm³/mol. The number of carbonyl (C=O) groups excluding carboxylic acids is 1. The van der Waals surface area contributed by atoms with Gasteiger partial charge in [-0.1, -0.05) is 28.1 Å². The molecule has 6 heteroatoms. The van der Waals surface area contributed by atoms with E-state index in [0.717, 1.165) is 10.0 Å². The second-order valence-corrected chi connectivity index (χ2v) is 7.96. The van der Waals surface area contributed by atoms with Crippen molar-refractivity contribution in [1.82, 2.24) is 5.32 Å². The topological polar surface area (TPSA) is 63.2 Å². The number of nitrogens with one attached hydrogen (secondary N) is 1. The Hall–Kier alpha value is -0.720. The molecular formula is C13H16BrNO3S. The van der Waals surface area contributed by atoms with E-state index in [1.165, 1.54) is 0 Å². The van der Waals surface area contributed by atoms with Crippen LogP contribution in [0.5, 0.6) is 0 Å². The molecule has 1 aromatic carbocycles. The van der Waals surface area contributed by atoms with Crippen molar-refractivity contribution < 1.29 is 13.2 Å². The summed E-state index contributed by atoms with van der Waals surface area (Å²) in [6, 6.07) is 7.35. The monoisotopic (exact) mass is 345 g/mol. The summed E-state index contributed by atoms with van der Waals surface area (Å²) in [6.07, 6.45) is 0.626. The molecule has 1 saturated heterocycles. The SMILES string of the molecule is O=C(Cc1ccc(Br)cc1)CC1CS(=O)(=O)CCN1. The lowest BCUT2D eigenvalue weighted by molar-refractivity contribution is -0.118. The summed E-state index contributed by atoms with van der Waals surface area (Å²) in [5.41, 5.74) is 0.951. The second kappa shape index (κ2) is 6.15. The molecule has 0 radical (unpaired) electrons. The van der Waals surface area contributed by atoms with Gasteiger partial charge < -0.3 is 5.32 Å². The van der Waals surface area contributed by atoms with E-state index in [9.17, 15) is 13.2 Å². The Morgan fingerprint density at radius 1 is 1.32 bits per heavy atom. The third kappa shape index (κ3) is 4.71. The van der Waals surface area contributed by atoms with Gasteiger partial charge in [0.2, 0.25) is 0 Å². The quantitative estimate of drug-likeness (QED) is 0.894. The maximum Gasteiger partial charge on any atom is 0.153 e. The van der Waals surface area contributed by atoms with Gasteiger partial charge in [-0.05, 0) is 17.7 Å². The predicted octanol–water partition coefficient (Wildman–Crippen LogP) is 1.34. The van der Waals surface area contributed by atoms with Crippen LogP contribution in [-0.4, -0.2) is 38.3 Å². The van der Waals surface area contributed by atoms with Gasteiger partial charge >= 0.3 is 0 Å². The average molecular weight is 346 g/mol. The number of benzene rings is 1. The molecular weight excluding hydrogens is 330 g/mol. The van der Waals surface area contributed by atoms with Gasteiger partial charge in [-0.2, -0.15) is 0 Å². The molecule has 1 heterocycles. The van der Waals surface area contributed by atoms with E-state index in [-0.39, 0.29) is 29.8 Å². The van der Waals surface area contributed by atoms with Crippen LogP contribution in [0.15, 0.2) is 28.7 Å². The van der Waals surface area contributed by atoms with Gasteiger partial charge in [-0.3, -0.25) is 4.79 Å². The lowest BCUT2D eigenvalue weighted by atomic mass is 10.0. The zero-order chi connectivity index (χ0) is 13.9. The molecule has 1 atom stereocenters. The lowest BCUT2D eigenvalue weighted by Crippen LogP contribution is -2.46. The first-order valence-corrected chi connectivity index (χ1v) is 8.76. The Labute approximate surface area is 121 Å². The Balaban J connectivity index is 1.89. The number of carbonyl (C=O) groups is 1. The average Bonchev–Trinajstić information content (AvgIpc) is 2.30. The van der Waals surface area contributed by atoms with Crippen LogP contribution in [0.25, 0.3) is 0 Å². The fourth-order valence-electron chi connectivity index (χ4n) is 2.18. The molecule has 1 aliphatic heterocycles. The first-order chi connectivity index (χ1) is 8.94. The number of hydrogen-bond acceptors (Lipinski definition) is 4. The summed E-state index contributed by atoms with van der Waals surface area (Å²) in [5, 5.41) is 3.09. The molecule has 4 nitrogen and oxygen atoms in total. The second-order valence-electron chi connectivity index (χ2n) is 4.81. The highest BCUT2D eigenvalue weighted by Gasteiger charge is 2.25. The molecule has 1 N–H and O–H groups in total. The van der Waals surface area contributed by atoms with Gasteiger partial charge in [-0.25, -0.2) is 8.42 Å². The molecule has 19 heavy (non-hydrogen) atoms. The van der Waals surface area contributed by atoms with Crippen LogP contribution < -0.4 is 5.32 Å². The molecule has 0 aliphatic carbocycles. The third-order valence-electron chi connectivity index (χ3n) is 3.09. The van der Waals surface area contributed by atoms with Crippen molar-refractivity contribution in [3.05, 3.63) is 34.3 Å². The standard InChI is InChI=1S/C13H16BrNO3S/c14-11-3-1-10(2-4-11)7-13(16)8-12-9-19(17,18)6-5-15-12/h1-4,12,15H,5-9H2. The number of halogens is 1. The van der Waals surface area contributed by atoms with E-state index >= 15 is 0 Å². The highest BCUT2D eigenvalue weighted by atomic mass is 79.9. The highest BCUT2D eigenvalue weighted by Crippen LogP contribution is 2.13. The van der Waals surface area contributed by atoms with Crippen LogP contribution in [0, 0.1) is 0 Å². The van der Waals surface area contributed by atoms with E-state index in [1.54, 1.807) is 0 Å². The lowest BCUT2D eigenvalue weighted by Gasteiger charge is -2.22. The molecule has 1 aliphatic rings. The first kappa shape index (κ1) is 14.7. The van der Waals surface area contributed by atoms with Crippen molar-refractivity contribution in [2.24, 2.45) is 0 Å². The van der Waals surface area contributed by atoms with Crippen LogP contribution in [0.2, 0.25) is 0 Å². The minimum atomic E-state index is -2.98. The molecule has 0 aromatic heterocycles. The number of sulfone groups is 1. The summed E-state index contributed by atoms with van der Waals surface area (Å²) >= 11 is 3.34. The Morgan fingerprint density at radius 2 is 2.00 bits per heavy atom. The first-order valence-electron chi connectivity index (χ1n) is 6.14. The summed E-state index contributed by atoms with van der Waals surface area (Å²) in [6.45, 7) is 0.443. The van der Waals surface area contributed by atoms with Gasteiger partial charge in [0, 0.05) is 29.9 Å². The van der Waals surface area contributed by atoms with E-state index in [4.69, 9.17) is 0 Å². The minimum Gasteiger partial charge on any atom is -0.312 e. The highest BCUT2D eigenvalue weighted by molar-refractivity contribution is 9.10. The van der Waals surface area contributed by atoms with Gasteiger partial charge in [0.25, 0.3) is 0 Å². The van der Waals surface area contributed by atoms with Crippen molar-refractivity contribution in [2.75, 3.05) is 18.1 Å². The molecule has 0 spiro atoms. The molecule has 0 bridgehead atoms. The molecule has 1 unspecified atom stereocenters. The smallest absolute Gasteiger partial charge is 0.153 e. The summed E-state index contributed by atoms with van der Waals surface area (Å²) < 4.78 is 23.9. The maximum absolute atomic E-state index is 11.9. The molecule has 1 fully saturated rings. The van der Waals surface area contributed by atoms with Gasteiger partial charge in [0.1, 0.15) is 5.78 Å². The summed E-state index contributed by atoms with van der Waals surface area (Å²) in [5.74, 6) is 0.306. The zero-order valence-electron chi connectivity index (χ0n) is 10.4.